The van der Waals surface area contributed by atoms with Gasteiger partial charge >= 0.3 is 5.97 Å². The molecule has 0 saturated carbocycles. The van der Waals surface area contributed by atoms with Crippen LogP contribution in [0.3, 0.4) is 0 Å². The zero-order valence-electron chi connectivity index (χ0n) is 12.0. The van der Waals surface area contributed by atoms with E-state index >= 15 is 0 Å². The molecule has 0 bridgehead atoms. The molecule has 4 nitrogen and oxygen atoms in total. The second kappa shape index (κ2) is 5.83. The van der Waals surface area contributed by atoms with E-state index in [0.29, 0.717) is 35.8 Å². The van der Waals surface area contributed by atoms with Gasteiger partial charge in [-0.25, -0.2) is 4.98 Å². The number of rotatable bonds is 5. The lowest BCUT2D eigenvalue weighted by atomic mass is 9.81. The Balaban J connectivity index is 2.57. The summed E-state index contributed by atoms with van der Waals surface area (Å²) in [6.07, 6.45) is 1.25. The fourth-order valence-corrected chi connectivity index (χ4v) is 2.68. The van der Waals surface area contributed by atoms with Crippen molar-refractivity contribution in [2.24, 2.45) is 0 Å². The van der Waals surface area contributed by atoms with Gasteiger partial charge in [0.25, 0.3) is 0 Å². The summed E-state index contributed by atoms with van der Waals surface area (Å²) in [7, 11) is 0. The predicted octanol–water partition coefficient (Wildman–Crippen LogP) is 3.84. The van der Waals surface area contributed by atoms with Crippen molar-refractivity contribution in [3.8, 4) is 0 Å². The monoisotopic (exact) mass is 294 g/mol. The van der Waals surface area contributed by atoms with Crippen molar-refractivity contribution in [1.82, 2.24) is 9.97 Å². The molecular weight excluding hydrogens is 276 g/mol. The van der Waals surface area contributed by atoms with Gasteiger partial charge in [-0.15, -0.1) is 0 Å². The van der Waals surface area contributed by atoms with E-state index in [1.54, 1.807) is 6.07 Å². The fraction of sp³-hybridized carbons (Fsp3) is 0.467. The number of nitrogens with zero attached hydrogens (tertiary/aromatic N) is 1. The van der Waals surface area contributed by atoms with E-state index in [-0.39, 0.29) is 5.97 Å². The SMILES string of the molecule is CCOC(=O)C(CC)(CC)c1nc2c(Cl)cccc2[nH]1. The number of para-hydroxylation sites is 1. The molecule has 1 aromatic heterocycles. The lowest BCUT2D eigenvalue weighted by molar-refractivity contribution is -0.150. The fourth-order valence-electron chi connectivity index (χ4n) is 2.46. The van der Waals surface area contributed by atoms with E-state index in [9.17, 15) is 4.79 Å². The van der Waals surface area contributed by atoms with Crippen LogP contribution in [0.4, 0.5) is 0 Å². The van der Waals surface area contributed by atoms with Gasteiger partial charge in [-0.3, -0.25) is 4.79 Å². The maximum Gasteiger partial charge on any atom is 0.319 e. The Morgan fingerprint density at radius 2 is 2.05 bits per heavy atom. The number of carbonyl (C=O) groups excluding carboxylic acids is 1. The van der Waals surface area contributed by atoms with Gasteiger partial charge in [0.05, 0.1) is 17.1 Å². The molecule has 0 amide bonds. The third-order valence-corrected chi connectivity index (χ3v) is 4.10. The molecule has 1 N–H and O–H groups in total. The number of hydrogen-bond donors (Lipinski definition) is 1. The normalized spacial score (nSPS) is 11.8. The number of benzene rings is 1. The number of nitrogens with one attached hydrogen (secondary N) is 1. The van der Waals surface area contributed by atoms with Crippen LogP contribution in [0, 0.1) is 0 Å². The quantitative estimate of drug-likeness (QED) is 0.853. The highest BCUT2D eigenvalue weighted by molar-refractivity contribution is 6.34. The molecule has 0 atom stereocenters. The maximum atomic E-state index is 12.4. The molecule has 0 saturated heterocycles. The van der Waals surface area contributed by atoms with Crippen molar-refractivity contribution < 1.29 is 9.53 Å². The largest absolute Gasteiger partial charge is 0.465 e. The Morgan fingerprint density at radius 1 is 1.35 bits per heavy atom. The average Bonchev–Trinajstić information content (AvgIpc) is 2.87. The van der Waals surface area contributed by atoms with Crippen LogP contribution >= 0.6 is 11.6 Å². The van der Waals surface area contributed by atoms with Crippen molar-refractivity contribution in [2.75, 3.05) is 6.61 Å². The van der Waals surface area contributed by atoms with Crippen molar-refractivity contribution in [1.29, 1.82) is 0 Å². The first-order valence-corrected chi connectivity index (χ1v) is 7.28. The number of carbonyl (C=O) groups is 1. The predicted molar refractivity (Wildman–Crippen MR) is 80.0 cm³/mol. The molecule has 1 heterocycles. The van der Waals surface area contributed by atoms with Gasteiger partial charge in [0, 0.05) is 0 Å². The van der Waals surface area contributed by atoms with Crippen molar-refractivity contribution in [3.63, 3.8) is 0 Å². The summed E-state index contributed by atoms with van der Waals surface area (Å²) in [5.41, 5.74) is 0.793. The molecule has 1 aromatic carbocycles. The minimum absolute atomic E-state index is 0.236. The van der Waals surface area contributed by atoms with Gasteiger partial charge in [0.2, 0.25) is 0 Å². The number of aromatic nitrogens is 2. The number of fused-ring (bicyclic) bond motifs is 1. The zero-order chi connectivity index (χ0) is 14.8. The molecule has 20 heavy (non-hydrogen) atoms. The Morgan fingerprint density at radius 3 is 2.60 bits per heavy atom. The second-order valence-electron chi connectivity index (χ2n) is 4.73. The standard InChI is InChI=1S/C15H19ClN2O2/c1-4-15(5-2,14(19)20-6-3)13-17-11-9-7-8-10(16)12(11)18-13/h7-9H,4-6H2,1-3H3,(H,17,18). The Labute approximate surface area is 123 Å². The maximum absolute atomic E-state index is 12.4. The summed E-state index contributed by atoms with van der Waals surface area (Å²) < 4.78 is 5.24. The molecule has 0 fully saturated rings. The molecule has 0 unspecified atom stereocenters. The Bertz CT molecular complexity index is 617. The van der Waals surface area contributed by atoms with Crippen LogP contribution < -0.4 is 0 Å². The molecule has 0 aliphatic rings. The molecule has 0 aliphatic heterocycles. The van der Waals surface area contributed by atoms with Crippen LogP contribution in [0.5, 0.6) is 0 Å². The average molecular weight is 295 g/mol. The van der Waals surface area contributed by atoms with Gasteiger partial charge in [0.1, 0.15) is 16.8 Å². The topological polar surface area (TPSA) is 55.0 Å². The summed E-state index contributed by atoms with van der Waals surface area (Å²) >= 11 is 6.15. The molecule has 108 valence electrons. The smallest absolute Gasteiger partial charge is 0.319 e. The zero-order valence-corrected chi connectivity index (χ0v) is 12.8. The third kappa shape index (κ3) is 2.29. The molecule has 0 radical (unpaired) electrons. The summed E-state index contributed by atoms with van der Waals surface area (Å²) in [6.45, 7) is 6.11. The van der Waals surface area contributed by atoms with E-state index in [2.05, 4.69) is 9.97 Å². The van der Waals surface area contributed by atoms with Gasteiger partial charge in [-0.1, -0.05) is 31.5 Å². The van der Waals surface area contributed by atoms with Gasteiger partial charge in [-0.05, 0) is 31.9 Å². The van der Waals surface area contributed by atoms with E-state index in [1.165, 1.54) is 0 Å². The van der Waals surface area contributed by atoms with E-state index in [0.717, 1.165) is 5.52 Å². The number of imidazole rings is 1. The van der Waals surface area contributed by atoms with Crippen LogP contribution in [0.25, 0.3) is 11.0 Å². The molecule has 0 spiro atoms. The number of aromatic amines is 1. The highest BCUT2D eigenvalue weighted by Crippen LogP contribution is 2.33. The highest BCUT2D eigenvalue weighted by atomic mass is 35.5. The lowest BCUT2D eigenvalue weighted by Gasteiger charge is -2.26. The van der Waals surface area contributed by atoms with Crippen molar-refractivity contribution in [2.45, 2.75) is 39.0 Å². The summed E-state index contributed by atoms with van der Waals surface area (Å²) in [4.78, 5) is 20.1. The second-order valence-corrected chi connectivity index (χ2v) is 5.14. The van der Waals surface area contributed by atoms with Crippen LogP contribution in [0.2, 0.25) is 5.02 Å². The lowest BCUT2D eigenvalue weighted by Crippen LogP contribution is -2.37. The minimum atomic E-state index is -0.738. The van der Waals surface area contributed by atoms with Crippen molar-refractivity contribution in [3.05, 3.63) is 29.0 Å². The Kier molecular flexibility index (Phi) is 4.33. The first-order valence-electron chi connectivity index (χ1n) is 6.91. The number of hydrogen-bond acceptors (Lipinski definition) is 3. The minimum Gasteiger partial charge on any atom is -0.465 e. The van der Waals surface area contributed by atoms with E-state index < -0.39 is 5.41 Å². The van der Waals surface area contributed by atoms with E-state index in [1.807, 2.05) is 32.9 Å². The number of ether oxygens (including phenoxy) is 1. The summed E-state index contributed by atoms with van der Waals surface area (Å²) in [5, 5.41) is 0.579. The highest BCUT2D eigenvalue weighted by Gasteiger charge is 2.41. The molecule has 5 heteroatoms. The number of halogens is 1. The van der Waals surface area contributed by atoms with E-state index in [4.69, 9.17) is 16.3 Å². The number of H-pyrrole nitrogens is 1. The number of esters is 1. The molecule has 0 aliphatic carbocycles. The van der Waals surface area contributed by atoms with Gasteiger partial charge < -0.3 is 9.72 Å². The van der Waals surface area contributed by atoms with Crippen molar-refractivity contribution >= 4 is 28.6 Å². The van der Waals surface area contributed by atoms with Gasteiger partial charge in [0.15, 0.2) is 0 Å². The van der Waals surface area contributed by atoms with Gasteiger partial charge in [-0.2, -0.15) is 0 Å². The summed E-state index contributed by atoms with van der Waals surface area (Å²) in [5.74, 6) is 0.393. The first kappa shape index (κ1) is 14.9. The summed E-state index contributed by atoms with van der Waals surface area (Å²) in [6, 6.07) is 5.55. The first-order chi connectivity index (χ1) is 9.58. The van der Waals surface area contributed by atoms with Crippen LogP contribution in [-0.4, -0.2) is 22.5 Å². The molecule has 2 aromatic rings. The molecule has 2 rings (SSSR count). The van der Waals surface area contributed by atoms with Crippen LogP contribution in [0.15, 0.2) is 18.2 Å². The van der Waals surface area contributed by atoms with Crippen LogP contribution in [0.1, 0.15) is 39.4 Å². The third-order valence-electron chi connectivity index (χ3n) is 3.79. The Hall–Kier alpha value is -1.55. The molecular formula is C15H19ClN2O2. The van der Waals surface area contributed by atoms with Crippen LogP contribution in [-0.2, 0) is 14.9 Å².